The van der Waals surface area contributed by atoms with Gasteiger partial charge in [-0.05, 0) is 26.7 Å². The Morgan fingerprint density at radius 3 is 1.82 bits per heavy atom. The highest BCUT2D eigenvalue weighted by atomic mass is 32.1. The fourth-order valence-electron chi connectivity index (χ4n) is 1.24. The summed E-state index contributed by atoms with van der Waals surface area (Å²) in [5, 5.41) is 0. The Labute approximate surface area is 75.8 Å². The third-order valence-electron chi connectivity index (χ3n) is 2.68. The van der Waals surface area contributed by atoms with Gasteiger partial charge >= 0.3 is 0 Å². The highest BCUT2D eigenvalue weighted by molar-refractivity contribution is 7.78. The summed E-state index contributed by atoms with van der Waals surface area (Å²) in [6.45, 7) is 9.85. The average Bonchev–Trinajstić information content (AvgIpc) is 2.06. The summed E-state index contributed by atoms with van der Waals surface area (Å²) in [4.78, 5) is 2.24. The summed E-state index contributed by atoms with van der Waals surface area (Å²) in [7, 11) is 0. The smallest absolute Gasteiger partial charge is 0.0645 e. The molecule has 0 spiro atoms. The van der Waals surface area contributed by atoms with E-state index in [2.05, 4.69) is 32.6 Å². The molecule has 0 aromatic heterocycles. The Bertz CT molecular complexity index is 119. The molecule has 0 saturated heterocycles. The monoisotopic (exact) mass is 173 g/mol. The Balaban J connectivity index is 4.30. The summed E-state index contributed by atoms with van der Waals surface area (Å²) >= 11 is 4.95. The van der Waals surface area contributed by atoms with E-state index in [0.717, 1.165) is 19.4 Å². The van der Waals surface area contributed by atoms with Crippen molar-refractivity contribution < 1.29 is 0 Å². The highest BCUT2D eigenvalue weighted by Gasteiger charge is 2.24. The van der Waals surface area contributed by atoms with Crippen LogP contribution in [0.4, 0.5) is 0 Å². The minimum Gasteiger partial charge on any atom is -0.364 e. The lowest BCUT2D eigenvalue weighted by atomic mass is 9.94. The second-order valence-corrected chi connectivity index (χ2v) is 3.31. The second kappa shape index (κ2) is 4.70. The van der Waals surface area contributed by atoms with Gasteiger partial charge in [0, 0.05) is 12.1 Å². The molecule has 2 heteroatoms. The molecule has 0 aliphatic rings. The molecule has 0 aliphatic heterocycles. The largest absolute Gasteiger partial charge is 0.364 e. The summed E-state index contributed by atoms with van der Waals surface area (Å²) in [6, 6.07) is 0. The molecule has 0 atom stereocenters. The molecular formula is C9H19NS. The van der Waals surface area contributed by atoms with E-state index in [0.29, 0.717) is 0 Å². The molecule has 11 heavy (non-hydrogen) atoms. The van der Waals surface area contributed by atoms with Crippen LogP contribution >= 0.6 is 12.2 Å². The molecule has 0 saturated carbocycles. The summed E-state index contributed by atoms with van der Waals surface area (Å²) in [5.41, 5.74) is 2.06. The van der Waals surface area contributed by atoms with E-state index < -0.39 is 0 Å². The van der Waals surface area contributed by atoms with Gasteiger partial charge in [-0.15, -0.1) is 0 Å². The Kier molecular flexibility index (Phi) is 4.66. The van der Waals surface area contributed by atoms with Gasteiger partial charge in [0.25, 0.3) is 0 Å². The van der Waals surface area contributed by atoms with Crippen molar-refractivity contribution in [3.05, 3.63) is 0 Å². The maximum Gasteiger partial charge on any atom is 0.0645 e. The highest BCUT2D eigenvalue weighted by Crippen LogP contribution is 2.21. The van der Waals surface area contributed by atoms with E-state index in [9.17, 15) is 0 Å². The van der Waals surface area contributed by atoms with Gasteiger partial charge in [-0.2, -0.15) is 0 Å². The van der Waals surface area contributed by atoms with Gasteiger partial charge in [0.05, 0.1) is 5.49 Å². The van der Waals surface area contributed by atoms with Crippen LogP contribution in [-0.2, 0) is 0 Å². The SMILES string of the molecule is CCN(C=S)C(C)(CC)CC. The van der Waals surface area contributed by atoms with Crippen LogP contribution in [0.25, 0.3) is 0 Å². The zero-order chi connectivity index (χ0) is 8.91. The third-order valence-corrected chi connectivity index (χ3v) is 2.94. The summed E-state index contributed by atoms with van der Waals surface area (Å²) in [5.74, 6) is 0. The van der Waals surface area contributed by atoms with Crippen LogP contribution in [0.5, 0.6) is 0 Å². The van der Waals surface area contributed by atoms with Crippen LogP contribution in [0, 0.1) is 0 Å². The Morgan fingerprint density at radius 2 is 1.73 bits per heavy atom. The predicted octanol–water partition coefficient (Wildman–Crippen LogP) is 2.84. The van der Waals surface area contributed by atoms with E-state index >= 15 is 0 Å². The van der Waals surface area contributed by atoms with Crippen LogP contribution in [0.3, 0.4) is 0 Å². The van der Waals surface area contributed by atoms with Gasteiger partial charge in [0.15, 0.2) is 0 Å². The normalized spacial score (nSPS) is 11.3. The van der Waals surface area contributed by atoms with Gasteiger partial charge in [-0.3, -0.25) is 0 Å². The number of rotatable bonds is 5. The average molecular weight is 173 g/mol. The fourth-order valence-corrected chi connectivity index (χ4v) is 1.64. The standard InChI is InChI=1S/C9H19NS/c1-5-9(4,6-2)10(7-3)8-11/h8H,5-7H2,1-4H3. The van der Waals surface area contributed by atoms with E-state index in [1.807, 2.05) is 0 Å². The molecule has 0 fully saturated rings. The lowest BCUT2D eigenvalue weighted by Crippen LogP contribution is -2.43. The first-order valence-electron chi connectivity index (χ1n) is 4.36. The van der Waals surface area contributed by atoms with Crippen LogP contribution in [0.15, 0.2) is 0 Å². The number of nitrogens with zero attached hydrogens (tertiary/aromatic N) is 1. The van der Waals surface area contributed by atoms with Crippen molar-refractivity contribution in [1.82, 2.24) is 4.90 Å². The van der Waals surface area contributed by atoms with Gasteiger partial charge in [0.2, 0.25) is 0 Å². The first kappa shape index (κ1) is 10.9. The summed E-state index contributed by atoms with van der Waals surface area (Å²) < 4.78 is 0. The molecule has 0 aromatic rings. The van der Waals surface area contributed by atoms with Gasteiger partial charge in [-0.25, -0.2) is 0 Å². The molecule has 66 valence electrons. The lowest BCUT2D eigenvalue weighted by Gasteiger charge is -2.38. The molecule has 0 N–H and O–H groups in total. The molecule has 0 rings (SSSR count). The first-order chi connectivity index (χ1) is 5.14. The van der Waals surface area contributed by atoms with Gasteiger partial charge in [0.1, 0.15) is 0 Å². The van der Waals surface area contributed by atoms with Crippen molar-refractivity contribution >= 4 is 17.7 Å². The van der Waals surface area contributed by atoms with Crippen molar-refractivity contribution in [2.45, 2.75) is 46.1 Å². The van der Waals surface area contributed by atoms with Crippen LogP contribution < -0.4 is 0 Å². The summed E-state index contributed by atoms with van der Waals surface area (Å²) in [6.07, 6.45) is 2.31. The topological polar surface area (TPSA) is 3.24 Å². The van der Waals surface area contributed by atoms with Crippen molar-refractivity contribution in [2.75, 3.05) is 6.54 Å². The molecule has 0 aromatic carbocycles. The van der Waals surface area contributed by atoms with Crippen molar-refractivity contribution in [2.24, 2.45) is 0 Å². The second-order valence-electron chi connectivity index (χ2n) is 3.10. The van der Waals surface area contributed by atoms with E-state index in [1.54, 1.807) is 5.49 Å². The molecular weight excluding hydrogens is 154 g/mol. The minimum atomic E-state index is 0.274. The third kappa shape index (κ3) is 2.44. The Hall–Kier alpha value is -0.110. The molecule has 0 heterocycles. The zero-order valence-electron chi connectivity index (χ0n) is 8.05. The minimum absolute atomic E-state index is 0.274. The molecule has 0 unspecified atom stereocenters. The van der Waals surface area contributed by atoms with Crippen molar-refractivity contribution in [3.8, 4) is 0 Å². The zero-order valence-corrected chi connectivity index (χ0v) is 8.87. The maximum atomic E-state index is 4.95. The van der Waals surface area contributed by atoms with E-state index in [4.69, 9.17) is 12.2 Å². The lowest BCUT2D eigenvalue weighted by molar-refractivity contribution is 0.195. The molecule has 0 aliphatic carbocycles. The maximum absolute atomic E-state index is 4.95. The van der Waals surface area contributed by atoms with Crippen LogP contribution in [-0.4, -0.2) is 22.5 Å². The number of hydrogen-bond acceptors (Lipinski definition) is 1. The van der Waals surface area contributed by atoms with Crippen molar-refractivity contribution in [3.63, 3.8) is 0 Å². The molecule has 0 bridgehead atoms. The Morgan fingerprint density at radius 1 is 1.27 bits per heavy atom. The van der Waals surface area contributed by atoms with Gasteiger partial charge < -0.3 is 4.90 Å². The van der Waals surface area contributed by atoms with Gasteiger partial charge in [-0.1, -0.05) is 26.1 Å². The molecule has 1 nitrogen and oxygen atoms in total. The quantitative estimate of drug-likeness (QED) is 0.588. The van der Waals surface area contributed by atoms with E-state index in [-0.39, 0.29) is 5.54 Å². The van der Waals surface area contributed by atoms with Crippen molar-refractivity contribution in [1.29, 1.82) is 0 Å². The number of thiocarbonyl (C=S) groups is 1. The fraction of sp³-hybridized carbons (Fsp3) is 0.889. The number of hydrogen-bond donors (Lipinski definition) is 0. The van der Waals surface area contributed by atoms with E-state index in [1.165, 1.54) is 0 Å². The predicted molar refractivity (Wildman–Crippen MR) is 55.0 cm³/mol. The molecule has 0 radical (unpaired) electrons. The first-order valence-corrected chi connectivity index (χ1v) is 4.83. The van der Waals surface area contributed by atoms with Crippen LogP contribution in [0.1, 0.15) is 40.5 Å². The molecule has 0 amide bonds. The van der Waals surface area contributed by atoms with Crippen LogP contribution in [0.2, 0.25) is 0 Å².